The van der Waals surface area contributed by atoms with Gasteiger partial charge in [0.1, 0.15) is 29.2 Å². The lowest BCUT2D eigenvalue weighted by molar-refractivity contribution is -0.139. The van der Waals surface area contributed by atoms with Crippen molar-refractivity contribution in [2.75, 3.05) is 32.7 Å². The molecule has 0 radical (unpaired) electrons. The smallest absolute Gasteiger partial charge is 0.280 e. The zero-order valence-electron chi connectivity index (χ0n) is 21.5. The number of halogens is 2. The molecular weight excluding hydrogens is 500 g/mol. The third-order valence-corrected chi connectivity index (χ3v) is 6.54. The molecule has 9 nitrogen and oxygen atoms in total. The molecule has 0 saturated carbocycles. The molecule has 1 aliphatic rings. The third-order valence-electron chi connectivity index (χ3n) is 6.54. The number of fused-ring (bicyclic) bond motifs is 1. The number of aromatic nitrogens is 1. The number of hydrogen-bond donors (Lipinski definition) is 2. The molecule has 38 heavy (non-hydrogen) atoms. The second-order valence-electron chi connectivity index (χ2n) is 9.78. The van der Waals surface area contributed by atoms with E-state index in [4.69, 9.17) is 14.0 Å². The van der Waals surface area contributed by atoms with Crippen molar-refractivity contribution >= 4 is 17.5 Å². The predicted molar refractivity (Wildman–Crippen MR) is 134 cm³/mol. The Balaban J connectivity index is 1.66. The van der Waals surface area contributed by atoms with E-state index in [1.165, 1.54) is 19.1 Å². The van der Waals surface area contributed by atoms with Crippen molar-refractivity contribution in [1.29, 1.82) is 0 Å². The monoisotopic (exact) mass is 529 g/mol. The molecule has 0 spiro atoms. The normalized spacial score (nSPS) is 15.2. The number of nitrogens with one attached hydrogen (secondary N) is 2. The average Bonchev–Trinajstić information content (AvgIpc) is 3.26. The zero-order valence-corrected chi connectivity index (χ0v) is 21.5. The van der Waals surface area contributed by atoms with Crippen LogP contribution in [-0.4, -0.2) is 49.2 Å². The highest BCUT2D eigenvalue weighted by atomic mass is 19.1. The van der Waals surface area contributed by atoms with Gasteiger partial charge in [-0.2, -0.15) is 5.16 Å². The number of ether oxygens (including phenoxy) is 2. The molecule has 0 fully saturated rings. The van der Waals surface area contributed by atoms with Gasteiger partial charge in [0.05, 0.1) is 20.1 Å². The number of carbonyl (C=O) groups excluding carboxylic acids is 2. The number of benzene rings is 2. The first-order valence-corrected chi connectivity index (χ1v) is 12.0. The lowest BCUT2D eigenvalue weighted by atomic mass is 9.84. The van der Waals surface area contributed by atoms with Gasteiger partial charge in [-0.3, -0.25) is 14.4 Å². The molecule has 202 valence electrons. The largest absolute Gasteiger partial charge is 0.497 e. The van der Waals surface area contributed by atoms with Crippen LogP contribution in [0.4, 0.5) is 14.5 Å². The van der Waals surface area contributed by atoms with Gasteiger partial charge in [-0.1, -0.05) is 19.9 Å². The van der Waals surface area contributed by atoms with Crippen molar-refractivity contribution in [3.63, 3.8) is 0 Å². The topological polar surface area (TPSA) is 114 Å². The van der Waals surface area contributed by atoms with Gasteiger partial charge in [0.2, 0.25) is 5.91 Å². The highest BCUT2D eigenvalue weighted by Gasteiger charge is 2.37. The van der Waals surface area contributed by atoms with Gasteiger partial charge in [-0.25, -0.2) is 8.78 Å². The fraction of sp³-hybridized carbons (Fsp3) is 0.370. The molecule has 1 unspecified atom stereocenters. The van der Waals surface area contributed by atoms with Crippen LogP contribution in [0.5, 0.6) is 5.75 Å². The minimum Gasteiger partial charge on any atom is -0.497 e. The number of aromatic amines is 1. The second-order valence-corrected chi connectivity index (χ2v) is 9.78. The molecule has 1 aromatic heterocycles. The van der Waals surface area contributed by atoms with Crippen LogP contribution in [0, 0.1) is 11.6 Å². The number of anilines is 1. The molecule has 2 amide bonds. The minimum atomic E-state index is -1.10. The Hall–Kier alpha value is -3.99. The SMILES string of the molecule is COCC(C)(C)c1c(F)cc(NC(=O)C2c3ccc(OC)cc3CCN2C(=O)Cc2cc(=O)[nH]o2)cc1F. The number of amides is 2. The summed E-state index contributed by atoms with van der Waals surface area (Å²) < 4.78 is 45.5. The van der Waals surface area contributed by atoms with E-state index < -0.39 is 40.5 Å². The summed E-state index contributed by atoms with van der Waals surface area (Å²) in [5.74, 6) is -2.04. The van der Waals surface area contributed by atoms with Gasteiger partial charge < -0.3 is 24.2 Å². The maximum Gasteiger partial charge on any atom is 0.280 e. The fourth-order valence-corrected chi connectivity index (χ4v) is 4.88. The number of nitrogens with zero attached hydrogens (tertiary/aromatic N) is 1. The van der Waals surface area contributed by atoms with Crippen molar-refractivity contribution in [1.82, 2.24) is 10.1 Å². The number of rotatable bonds is 8. The van der Waals surface area contributed by atoms with Gasteiger partial charge in [0.25, 0.3) is 11.5 Å². The van der Waals surface area contributed by atoms with Crippen molar-refractivity contribution < 1.29 is 32.4 Å². The molecule has 4 rings (SSSR count). The second kappa shape index (κ2) is 10.8. The molecule has 3 aromatic rings. The van der Waals surface area contributed by atoms with Gasteiger partial charge in [-0.05, 0) is 41.8 Å². The van der Waals surface area contributed by atoms with Gasteiger partial charge in [0.15, 0.2) is 0 Å². The van der Waals surface area contributed by atoms with Crippen LogP contribution in [0.1, 0.15) is 42.3 Å². The molecule has 0 aliphatic carbocycles. The van der Waals surface area contributed by atoms with E-state index in [1.54, 1.807) is 32.0 Å². The Kier molecular flexibility index (Phi) is 7.68. The van der Waals surface area contributed by atoms with Crippen LogP contribution >= 0.6 is 0 Å². The van der Waals surface area contributed by atoms with E-state index in [-0.39, 0.29) is 36.6 Å². The first kappa shape index (κ1) is 27.1. The summed E-state index contributed by atoms with van der Waals surface area (Å²) in [6.07, 6.45) is 0.201. The van der Waals surface area contributed by atoms with Crippen LogP contribution in [-0.2, 0) is 32.6 Å². The molecule has 0 saturated heterocycles. The number of carbonyl (C=O) groups is 2. The van der Waals surface area contributed by atoms with E-state index >= 15 is 8.78 Å². The molecular formula is C27H29F2N3O6. The molecule has 11 heteroatoms. The van der Waals surface area contributed by atoms with Gasteiger partial charge in [0, 0.05) is 36.4 Å². The standard InChI is InChI=1S/C27H29F2N3O6/c1-27(2,14-36-3)24-20(28)10-16(11-21(24)29)30-26(35)25-19-6-5-17(37-4)9-15(19)7-8-32(25)23(34)13-18-12-22(33)31-38-18/h5-6,9-12,25H,7-8,13-14H2,1-4H3,(H,30,35)(H,31,33). The molecule has 1 atom stereocenters. The lowest BCUT2D eigenvalue weighted by Gasteiger charge is -2.36. The minimum absolute atomic E-state index is 0.0905. The van der Waals surface area contributed by atoms with Crippen molar-refractivity contribution in [3.8, 4) is 5.75 Å². The van der Waals surface area contributed by atoms with Crippen LogP contribution in [0.3, 0.4) is 0 Å². The Morgan fingerprint density at radius 2 is 1.87 bits per heavy atom. The van der Waals surface area contributed by atoms with E-state index in [0.717, 1.165) is 23.8 Å². The van der Waals surface area contributed by atoms with E-state index in [0.29, 0.717) is 17.7 Å². The summed E-state index contributed by atoms with van der Waals surface area (Å²) >= 11 is 0. The highest BCUT2D eigenvalue weighted by molar-refractivity contribution is 5.98. The van der Waals surface area contributed by atoms with Crippen LogP contribution in [0.15, 0.2) is 45.7 Å². The number of hydrogen-bond acceptors (Lipinski definition) is 6. The molecule has 0 bridgehead atoms. The third kappa shape index (κ3) is 5.47. The quantitative estimate of drug-likeness (QED) is 0.462. The first-order valence-electron chi connectivity index (χ1n) is 12.0. The maximum absolute atomic E-state index is 15.0. The summed E-state index contributed by atoms with van der Waals surface area (Å²) in [4.78, 5) is 39.6. The average molecular weight is 530 g/mol. The first-order chi connectivity index (χ1) is 18.0. The lowest BCUT2D eigenvalue weighted by Crippen LogP contribution is -2.46. The van der Waals surface area contributed by atoms with Crippen molar-refractivity contribution in [3.05, 3.63) is 80.8 Å². The Labute approximate surface area is 217 Å². The fourth-order valence-electron chi connectivity index (χ4n) is 4.88. The van der Waals surface area contributed by atoms with Crippen molar-refractivity contribution in [2.45, 2.75) is 38.1 Å². The van der Waals surface area contributed by atoms with Crippen molar-refractivity contribution in [2.24, 2.45) is 0 Å². The summed E-state index contributed by atoms with van der Waals surface area (Å²) in [7, 11) is 2.97. The van der Waals surface area contributed by atoms with Gasteiger partial charge >= 0.3 is 0 Å². The molecule has 1 aliphatic heterocycles. The molecule has 2 N–H and O–H groups in total. The zero-order chi connectivity index (χ0) is 27.6. The molecule has 2 aromatic carbocycles. The van der Waals surface area contributed by atoms with E-state index in [2.05, 4.69) is 10.5 Å². The van der Waals surface area contributed by atoms with E-state index in [9.17, 15) is 14.4 Å². The maximum atomic E-state index is 15.0. The predicted octanol–water partition coefficient (Wildman–Crippen LogP) is 3.49. The summed E-state index contributed by atoms with van der Waals surface area (Å²) in [6, 6.07) is 7.30. The summed E-state index contributed by atoms with van der Waals surface area (Å²) in [5.41, 5.74) is -0.320. The molecule has 2 heterocycles. The number of H-pyrrole nitrogens is 1. The van der Waals surface area contributed by atoms with E-state index in [1.807, 2.05) is 0 Å². The van der Waals surface area contributed by atoms with Crippen LogP contribution < -0.4 is 15.6 Å². The van der Waals surface area contributed by atoms with Crippen LogP contribution in [0.2, 0.25) is 0 Å². The Bertz CT molecular complexity index is 1390. The van der Waals surface area contributed by atoms with Gasteiger partial charge in [-0.15, -0.1) is 0 Å². The Morgan fingerprint density at radius 1 is 1.16 bits per heavy atom. The highest BCUT2D eigenvalue weighted by Crippen LogP contribution is 2.35. The Morgan fingerprint density at radius 3 is 2.47 bits per heavy atom. The number of methoxy groups -OCH3 is 2. The van der Waals surface area contributed by atoms with Crippen LogP contribution in [0.25, 0.3) is 0 Å². The summed E-state index contributed by atoms with van der Waals surface area (Å²) in [5, 5.41) is 4.70. The summed E-state index contributed by atoms with van der Waals surface area (Å²) in [6.45, 7) is 3.59.